The zero-order valence-electron chi connectivity index (χ0n) is 12.2. The Balaban J connectivity index is 1.64. The van der Waals surface area contributed by atoms with E-state index < -0.39 is 9.84 Å². The fraction of sp³-hybridized carbons (Fsp3) is 0.533. The summed E-state index contributed by atoms with van der Waals surface area (Å²) in [5, 5.41) is 2.76. The van der Waals surface area contributed by atoms with Gasteiger partial charge in [0.15, 0.2) is 9.84 Å². The van der Waals surface area contributed by atoms with Crippen molar-refractivity contribution in [2.45, 2.75) is 19.8 Å². The summed E-state index contributed by atoms with van der Waals surface area (Å²) in [5.41, 5.74) is 1.12. The predicted octanol–water partition coefficient (Wildman–Crippen LogP) is 1.31. The summed E-state index contributed by atoms with van der Waals surface area (Å²) in [6.45, 7) is 2.81. The number of sulfone groups is 1. The van der Waals surface area contributed by atoms with Crippen molar-refractivity contribution >= 4 is 15.7 Å². The van der Waals surface area contributed by atoms with E-state index in [0.717, 1.165) is 11.3 Å². The molecule has 2 rings (SSSR count). The van der Waals surface area contributed by atoms with Crippen LogP contribution in [0.4, 0.5) is 0 Å². The maximum Gasteiger partial charge on any atom is 0.220 e. The van der Waals surface area contributed by atoms with Crippen LogP contribution in [0.2, 0.25) is 0 Å². The predicted molar refractivity (Wildman–Crippen MR) is 81.1 cm³/mol. The Morgan fingerprint density at radius 1 is 1.43 bits per heavy atom. The molecule has 0 unspecified atom stereocenters. The highest BCUT2D eigenvalue weighted by Gasteiger charge is 2.29. The van der Waals surface area contributed by atoms with Crippen LogP contribution in [-0.4, -0.2) is 39.0 Å². The van der Waals surface area contributed by atoms with E-state index in [2.05, 4.69) is 5.32 Å². The van der Waals surface area contributed by atoms with Gasteiger partial charge < -0.3 is 10.1 Å². The largest absolute Gasteiger partial charge is 0.492 e. The van der Waals surface area contributed by atoms with Crippen molar-refractivity contribution in [1.29, 1.82) is 0 Å². The van der Waals surface area contributed by atoms with Crippen molar-refractivity contribution in [2.24, 2.45) is 5.92 Å². The second-order valence-electron chi connectivity index (χ2n) is 5.49. The van der Waals surface area contributed by atoms with Gasteiger partial charge in [0, 0.05) is 6.42 Å². The van der Waals surface area contributed by atoms with Gasteiger partial charge in [-0.2, -0.15) is 0 Å². The van der Waals surface area contributed by atoms with Gasteiger partial charge in [-0.3, -0.25) is 4.79 Å². The number of nitrogens with one attached hydrogen (secondary N) is 1. The third-order valence-electron chi connectivity index (χ3n) is 3.48. The average Bonchev–Trinajstić information content (AvgIpc) is 2.74. The quantitative estimate of drug-likeness (QED) is 0.804. The van der Waals surface area contributed by atoms with E-state index in [0.29, 0.717) is 19.6 Å². The molecule has 0 aliphatic carbocycles. The summed E-state index contributed by atoms with van der Waals surface area (Å²) >= 11 is 0. The lowest BCUT2D eigenvalue weighted by atomic mass is 10.1. The van der Waals surface area contributed by atoms with E-state index in [4.69, 9.17) is 4.74 Å². The van der Waals surface area contributed by atoms with Gasteiger partial charge in [-0.15, -0.1) is 0 Å². The average molecular weight is 311 g/mol. The van der Waals surface area contributed by atoms with Gasteiger partial charge in [0.25, 0.3) is 0 Å². The molecule has 1 aliphatic rings. The third-order valence-corrected chi connectivity index (χ3v) is 5.32. The van der Waals surface area contributed by atoms with Crippen molar-refractivity contribution in [3.8, 4) is 5.75 Å². The number of hydrogen-bond donors (Lipinski definition) is 1. The minimum Gasteiger partial charge on any atom is -0.492 e. The van der Waals surface area contributed by atoms with E-state index in [-0.39, 0.29) is 29.8 Å². The van der Waals surface area contributed by atoms with Gasteiger partial charge in [-0.1, -0.05) is 12.1 Å². The van der Waals surface area contributed by atoms with Crippen molar-refractivity contribution in [1.82, 2.24) is 5.32 Å². The molecule has 116 valence electrons. The summed E-state index contributed by atoms with van der Waals surface area (Å²) < 4.78 is 28.2. The number of carbonyl (C=O) groups excluding carboxylic acids is 1. The molecule has 0 aromatic heterocycles. The fourth-order valence-electron chi connectivity index (χ4n) is 2.43. The Morgan fingerprint density at radius 2 is 2.24 bits per heavy atom. The van der Waals surface area contributed by atoms with Gasteiger partial charge in [0.2, 0.25) is 5.91 Å². The molecule has 6 heteroatoms. The maximum absolute atomic E-state index is 11.7. The molecule has 5 nitrogen and oxygen atoms in total. The molecule has 1 atom stereocenters. The minimum absolute atomic E-state index is 0.0345. The van der Waals surface area contributed by atoms with E-state index in [9.17, 15) is 13.2 Å². The Bertz CT molecular complexity index is 597. The normalized spacial score (nSPS) is 20.1. The molecule has 1 amide bonds. The fourth-order valence-corrected chi connectivity index (χ4v) is 4.29. The van der Waals surface area contributed by atoms with E-state index in [1.807, 2.05) is 31.2 Å². The summed E-state index contributed by atoms with van der Waals surface area (Å²) in [4.78, 5) is 11.7. The Labute approximate surface area is 125 Å². The van der Waals surface area contributed by atoms with Gasteiger partial charge >= 0.3 is 0 Å². The first-order valence-electron chi connectivity index (χ1n) is 7.11. The lowest BCUT2D eigenvalue weighted by Crippen LogP contribution is -2.29. The molecular formula is C15H21NO4S. The van der Waals surface area contributed by atoms with Gasteiger partial charge in [-0.05, 0) is 37.0 Å². The van der Waals surface area contributed by atoms with E-state index in [1.54, 1.807) is 0 Å². The van der Waals surface area contributed by atoms with Crippen molar-refractivity contribution < 1.29 is 17.9 Å². The van der Waals surface area contributed by atoms with Crippen molar-refractivity contribution in [2.75, 3.05) is 24.7 Å². The molecule has 1 N–H and O–H groups in total. The molecule has 0 bridgehead atoms. The molecule has 1 fully saturated rings. The highest BCUT2D eigenvalue weighted by Crippen LogP contribution is 2.21. The zero-order valence-corrected chi connectivity index (χ0v) is 13.0. The molecule has 1 saturated heterocycles. The molecular weight excluding hydrogens is 290 g/mol. The van der Waals surface area contributed by atoms with Gasteiger partial charge in [0.05, 0.1) is 18.1 Å². The topological polar surface area (TPSA) is 72.5 Å². The van der Waals surface area contributed by atoms with Gasteiger partial charge in [-0.25, -0.2) is 8.42 Å². The van der Waals surface area contributed by atoms with Crippen LogP contribution >= 0.6 is 0 Å². The lowest BCUT2D eigenvalue weighted by Gasteiger charge is -2.10. The summed E-state index contributed by atoms with van der Waals surface area (Å²) in [6.07, 6.45) is 0.874. The first kappa shape index (κ1) is 15.8. The standard InChI is InChI=1S/C15H21NO4S/c1-12-3-2-4-14(9-12)20-7-6-16-15(17)10-13-5-8-21(18,19)11-13/h2-4,9,13H,5-8,10-11H2,1H3,(H,16,17)/t13-/m0/s1. The second kappa shape index (κ2) is 6.93. The number of benzene rings is 1. The van der Waals surface area contributed by atoms with Crippen LogP contribution in [0.3, 0.4) is 0 Å². The van der Waals surface area contributed by atoms with Crippen LogP contribution in [-0.2, 0) is 14.6 Å². The lowest BCUT2D eigenvalue weighted by molar-refractivity contribution is -0.121. The molecule has 0 saturated carbocycles. The first-order valence-corrected chi connectivity index (χ1v) is 8.93. The van der Waals surface area contributed by atoms with E-state index >= 15 is 0 Å². The van der Waals surface area contributed by atoms with Crippen LogP contribution in [0.25, 0.3) is 0 Å². The molecule has 1 aromatic carbocycles. The van der Waals surface area contributed by atoms with Crippen LogP contribution in [0.5, 0.6) is 5.75 Å². The summed E-state index contributed by atoms with van der Waals surface area (Å²) in [7, 11) is -2.91. The number of carbonyl (C=O) groups is 1. The van der Waals surface area contributed by atoms with Crippen LogP contribution in [0.1, 0.15) is 18.4 Å². The van der Waals surface area contributed by atoms with Crippen LogP contribution < -0.4 is 10.1 Å². The number of amides is 1. The van der Waals surface area contributed by atoms with E-state index in [1.165, 1.54) is 0 Å². The molecule has 0 radical (unpaired) electrons. The zero-order chi connectivity index (χ0) is 15.3. The Morgan fingerprint density at radius 3 is 2.90 bits per heavy atom. The second-order valence-corrected chi connectivity index (χ2v) is 7.72. The number of rotatable bonds is 6. The SMILES string of the molecule is Cc1cccc(OCCNC(=O)C[C@@H]2CCS(=O)(=O)C2)c1. The smallest absolute Gasteiger partial charge is 0.220 e. The highest BCUT2D eigenvalue weighted by molar-refractivity contribution is 7.91. The van der Waals surface area contributed by atoms with Crippen molar-refractivity contribution in [3.63, 3.8) is 0 Å². The number of aryl methyl sites for hydroxylation is 1. The number of hydrogen-bond acceptors (Lipinski definition) is 4. The molecule has 1 aromatic rings. The maximum atomic E-state index is 11.7. The number of ether oxygens (including phenoxy) is 1. The first-order chi connectivity index (χ1) is 9.94. The molecule has 1 heterocycles. The van der Waals surface area contributed by atoms with Gasteiger partial charge in [0.1, 0.15) is 12.4 Å². The summed E-state index contributed by atoms with van der Waals surface area (Å²) in [6, 6.07) is 7.72. The molecule has 1 aliphatic heterocycles. The minimum atomic E-state index is -2.91. The summed E-state index contributed by atoms with van der Waals surface area (Å²) in [5.74, 6) is 0.991. The monoisotopic (exact) mass is 311 g/mol. The molecule has 21 heavy (non-hydrogen) atoms. The van der Waals surface area contributed by atoms with Crippen LogP contribution in [0, 0.1) is 12.8 Å². The third kappa shape index (κ3) is 5.38. The Kier molecular flexibility index (Phi) is 5.22. The van der Waals surface area contributed by atoms with Crippen molar-refractivity contribution in [3.05, 3.63) is 29.8 Å². The van der Waals surface area contributed by atoms with Crippen LogP contribution in [0.15, 0.2) is 24.3 Å². The Hall–Kier alpha value is -1.56. The highest BCUT2D eigenvalue weighted by atomic mass is 32.2. The molecule has 0 spiro atoms.